The lowest BCUT2D eigenvalue weighted by atomic mass is 10.3. The highest BCUT2D eigenvalue weighted by Gasteiger charge is 1.91. The molecule has 0 saturated carbocycles. The number of rotatable bonds is 5. The Morgan fingerprint density at radius 1 is 1.40 bits per heavy atom. The second-order valence-corrected chi connectivity index (χ2v) is 4.14. The Bertz CT molecular complexity index is 109. The molecule has 0 unspecified atom stereocenters. The maximum Gasteiger partial charge on any atom is 0.0621 e. The van der Waals surface area contributed by atoms with Crippen LogP contribution < -0.4 is 0 Å². The number of hydrogen-bond donors (Lipinski definition) is 0. The summed E-state index contributed by atoms with van der Waals surface area (Å²) >= 11 is 0. The highest BCUT2D eigenvalue weighted by atomic mass is 31.1. The summed E-state index contributed by atoms with van der Waals surface area (Å²) in [7, 11) is -0.204. The SMILES string of the molecule is CP(C)OCCCCC#N. The summed E-state index contributed by atoms with van der Waals surface area (Å²) in [5, 5.41) is 8.19. The van der Waals surface area contributed by atoms with Gasteiger partial charge < -0.3 is 4.52 Å². The fraction of sp³-hybridized carbons (Fsp3) is 0.857. The smallest absolute Gasteiger partial charge is 0.0621 e. The van der Waals surface area contributed by atoms with Crippen LogP contribution in [-0.4, -0.2) is 19.9 Å². The fourth-order valence-electron chi connectivity index (χ4n) is 0.553. The van der Waals surface area contributed by atoms with Crippen molar-refractivity contribution in [1.82, 2.24) is 0 Å². The summed E-state index contributed by atoms with van der Waals surface area (Å²) in [6.45, 7) is 4.99. The topological polar surface area (TPSA) is 33.0 Å². The minimum atomic E-state index is -0.204. The van der Waals surface area contributed by atoms with Crippen molar-refractivity contribution in [3.05, 3.63) is 0 Å². The Kier molecular flexibility index (Phi) is 6.91. The van der Waals surface area contributed by atoms with Gasteiger partial charge in [0, 0.05) is 14.6 Å². The second-order valence-electron chi connectivity index (χ2n) is 2.26. The van der Waals surface area contributed by atoms with Crippen LogP contribution in [0, 0.1) is 11.3 Å². The molecule has 0 rings (SSSR count). The van der Waals surface area contributed by atoms with Crippen molar-refractivity contribution in [1.29, 1.82) is 5.26 Å². The summed E-state index contributed by atoms with van der Waals surface area (Å²) in [6, 6.07) is 2.11. The van der Waals surface area contributed by atoms with Crippen LogP contribution in [-0.2, 0) is 4.52 Å². The number of hydrogen-bond acceptors (Lipinski definition) is 2. The quantitative estimate of drug-likeness (QED) is 0.455. The van der Waals surface area contributed by atoms with Gasteiger partial charge >= 0.3 is 0 Å². The lowest BCUT2D eigenvalue weighted by molar-refractivity contribution is 0.344. The van der Waals surface area contributed by atoms with Crippen LogP contribution in [0.4, 0.5) is 0 Å². The molecule has 0 aromatic rings. The highest BCUT2D eigenvalue weighted by molar-refractivity contribution is 7.50. The first-order valence-electron chi connectivity index (χ1n) is 3.44. The zero-order chi connectivity index (χ0) is 7.82. The van der Waals surface area contributed by atoms with Gasteiger partial charge in [-0.2, -0.15) is 5.26 Å². The van der Waals surface area contributed by atoms with Gasteiger partial charge in [0.1, 0.15) is 0 Å². The van der Waals surface area contributed by atoms with Crippen molar-refractivity contribution in [3.8, 4) is 6.07 Å². The van der Waals surface area contributed by atoms with Crippen LogP contribution in [0.5, 0.6) is 0 Å². The molecule has 0 spiro atoms. The normalized spacial score (nSPS) is 9.80. The molecule has 0 aliphatic rings. The molecular weight excluding hydrogens is 145 g/mol. The molecule has 0 N–H and O–H groups in total. The van der Waals surface area contributed by atoms with Crippen molar-refractivity contribution in [2.45, 2.75) is 19.3 Å². The van der Waals surface area contributed by atoms with Gasteiger partial charge in [0.2, 0.25) is 0 Å². The molecule has 0 atom stereocenters. The van der Waals surface area contributed by atoms with Gasteiger partial charge in [0.05, 0.1) is 12.7 Å². The Morgan fingerprint density at radius 3 is 2.60 bits per heavy atom. The Hall–Kier alpha value is -0.120. The lowest BCUT2D eigenvalue weighted by Crippen LogP contribution is -1.87. The minimum absolute atomic E-state index is 0.204. The van der Waals surface area contributed by atoms with E-state index in [4.69, 9.17) is 9.79 Å². The van der Waals surface area contributed by atoms with Crippen molar-refractivity contribution in [3.63, 3.8) is 0 Å². The van der Waals surface area contributed by atoms with E-state index >= 15 is 0 Å². The molecule has 58 valence electrons. The third kappa shape index (κ3) is 7.88. The molecule has 0 aliphatic carbocycles. The van der Waals surface area contributed by atoms with Crippen LogP contribution in [0.2, 0.25) is 0 Å². The molecule has 10 heavy (non-hydrogen) atoms. The summed E-state index contributed by atoms with van der Waals surface area (Å²) < 4.78 is 5.34. The maximum absolute atomic E-state index is 8.19. The first-order valence-corrected chi connectivity index (χ1v) is 5.60. The number of nitrogens with zero attached hydrogens (tertiary/aromatic N) is 1. The molecule has 0 radical (unpaired) electrons. The summed E-state index contributed by atoms with van der Waals surface area (Å²) in [6.07, 6.45) is 2.66. The Morgan fingerprint density at radius 2 is 2.10 bits per heavy atom. The molecule has 0 aromatic heterocycles. The lowest BCUT2D eigenvalue weighted by Gasteiger charge is -2.04. The molecule has 0 fully saturated rings. The maximum atomic E-state index is 8.19. The summed E-state index contributed by atoms with van der Waals surface area (Å²) in [5.74, 6) is 0. The zero-order valence-corrected chi connectivity index (χ0v) is 7.53. The van der Waals surface area contributed by atoms with Crippen LogP contribution in [0.15, 0.2) is 0 Å². The minimum Gasteiger partial charge on any atom is -0.360 e. The van der Waals surface area contributed by atoms with Gasteiger partial charge in [0.25, 0.3) is 0 Å². The molecule has 0 aromatic carbocycles. The van der Waals surface area contributed by atoms with E-state index in [2.05, 4.69) is 19.4 Å². The van der Waals surface area contributed by atoms with Gasteiger partial charge in [-0.3, -0.25) is 0 Å². The monoisotopic (exact) mass is 159 g/mol. The number of nitriles is 1. The van der Waals surface area contributed by atoms with Crippen molar-refractivity contribution < 1.29 is 4.52 Å². The molecule has 0 heterocycles. The van der Waals surface area contributed by atoms with E-state index in [9.17, 15) is 0 Å². The predicted molar refractivity (Wildman–Crippen MR) is 44.2 cm³/mol. The van der Waals surface area contributed by atoms with Gasteiger partial charge in [-0.05, 0) is 26.2 Å². The number of unbranched alkanes of at least 4 members (excludes halogenated alkanes) is 2. The summed E-state index contributed by atoms with van der Waals surface area (Å²) in [5.41, 5.74) is 0. The fourth-order valence-corrected chi connectivity index (χ4v) is 1.05. The molecule has 0 amide bonds. The van der Waals surface area contributed by atoms with Crippen LogP contribution in [0.3, 0.4) is 0 Å². The van der Waals surface area contributed by atoms with Crippen molar-refractivity contribution >= 4 is 8.15 Å². The van der Waals surface area contributed by atoms with Gasteiger partial charge in [-0.15, -0.1) is 0 Å². The molecule has 0 aliphatic heterocycles. The third-order valence-electron chi connectivity index (χ3n) is 1.03. The first kappa shape index (κ1) is 9.88. The highest BCUT2D eigenvalue weighted by Crippen LogP contribution is 2.25. The molecular formula is C7H14NOP. The molecule has 0 bridgehead atoms. The third-order valence-corrected chi connectivity index (χ3v) is 1.73. The Labute approximate surface area is 64.0 Å². The van der Waals surface area contributed by atoms with Crippen LogP contribution in [0.1, 0.15) is 19.3 Å². The largest absolute Gasteiger partial charge is 0.360 e. The van der Waals surface area contributed by atoms with Crippen LogP contribution in [0.25, 0.3) is 0 Å². The van der Waals surface area contributed by atoms with Crippen LogP contribution >= 0.6 is 8.15 Å². The van der Waals surface area contributed by atoms with Crippen molar-refractivity contribution in [2.24, 2.45) is 0 Å². The van der Waals surface area contributed by atoms with E-state index in [1.165, 1.54) is 0 Å². The van der Waals surface area contributed by atoms with Gasteiger partial charge in [0.15, 0.2) is 0 Å². The van der Waals surface area contributed by atoms with Crippen molar-refractivity contribution in [2.75, 3.05) is 19.9 Å². The van der Waals surface area contributed by atoms with E-state index < -0.39 is 0 Å². The van der Waals surface area contributed by atoms with Gasteiger partial charge in [-0.25, -0.2) is 0 Å². The molecule has 0 saturated heterocycles. The van der Waals surface area contributed by atoms with E-state index in [1.54, 1.807) is 0 Å². The molecule has 3 heteroatoms. The van der Waals surface area contributed by atoms with Gasteiger partial charge in [-0.1, -0.05) is 0 Å². The van der Waals surface area contributed by atoms with E-state index in [1.807, 2.05) is 0 Å². The van der Waals surface area contributed by atoms with E-state index in [0.29, 0.717) is 6.42 Å². The Balaban J connectivity index is 2.86. The zero-order valence-electron chi connectivity index (χ0n) is 6.63. The predicted octanol–water partition coefficient (Wildman–Crippen LogP) is 2.35. The standard InChI is InChI=1S/C7H14NOP/c1-10(2)9-7-5-3-4-6-8/h3-5,7H2,1-2H3. The average Bonchev–Trinajstić information content (AvgIpc) is 1.87. The van der Waals surface area contributed by atoms with E-state index in [0.717, 1.165) is 19.4 Å². The molecule has 2 nitrogen and oxygen atoms in total. The van der Waals surface area contributed by atoms with E-state index in [-0.39, 0.29) is 8.15 Å². The summed E-state index contributed by atoms with van der Waals surface area (Å²) in [4.78, 5) is 0. The average molecular weight is 159 g/mol. The second kappa shape index (κ2) is 6.99. The first-order chi connectivity index (χ1) is 4.77.